The molecule has 15 heavy (non-hydrogen) atoms. The largest absolute Gasteiger partial charge is 0.493 e. The summed E-state index contributed by atoms with van der Waals surface area (Å²) in [5.74, 6) is 0.559. The highest BCUT2D eigenvalue weighted by atomic mass is 35.5. The van der Waals surface area contributed by atoms with Crippen molar-refractivity contribution in [1.82, 2.24) is 0 Å². The standard InChI is InChI=1S/C10H13NO3.ClH/c1-7(12)14-9-4-3-8(6-11)5-10(9)13-2;/h3-5H,6,11H2,1-2H3;1H. The SMILES string of the molecule is COc1cc(CN)ccc1OC(C)=O.Cl. The van der Waals surface area contributed by atoms with E-state index in [4.69, 9.17) is 15.2 Å². The number of methoxy groups -OCH3 is 1. The molecule has 0 aliphatic rings. The fourth-order valence-electron chi connectivity index (χ4n) is 1.08. The quantitative estimate of drug-likeness (QED) is 0.633. The second-order valence-electron chi connectivity index (χ2n) is 2.78. The number of nitrogens with two attached hydrogens (primary N) is 1. The molecule has 0 spiro atoms. The Morgan fingerprint density at radius 2 is 2.07 bits per heavy atom. The number of benzene rings is 1. The lowest BCUT2D eigenvalue weighted by Crippen LogP contribution is -2.04. The third-order valence-electron chi connectivity index (χ3n) is 1.72. The molecule has 0 radical (unpaired) electrons. The minimum atomic E-state index is -0.371. The summed E-state index contributed by atoms with van der Waals surface area (Å²) in [7, 11) is 1.52. The smallest absolute Gasteiger partial charge is 0.308 e. The maximum atomic E-state index is 10.7. The normalized spacial score (nSPS) is 9.00. The Morgan fingerprint density at radius 3 is 2.53 bits per heavy atom. The van der Waals surface area contributed by atoms with Gasteiger partial charge in [0.1, 0.15) is 0 Å². The molecule has 5 heteroatoms. The summed E-state index contributed by atoms with van der Waals surface area (Å²) in [5.41, 5.74) is 6.39. The van der Waals surface area contributed by atoms with Crippen LogP contribution in [-0.4, -0.2) is 13.1 Å². The highest BCUT2D eigenvalue weighted by Gasteiger charge is 2.06. The summed E-state index contributed by atoms with van der Waals surface area (Å²) in [6, 6.07) is 5.21. The maximum Gasteiger partial charge on any atom is 0.308 e. The predicted octanol–water partition coefficient (Wildman–Crippen LogP) is 1.50. The molecule has 0 aliphatic carbocycles. The molecule has 0 aromatic heterocycles. The van der Waals surface area contributed by atoms with Crippen molar-refractivity contribution < 1.29 is 14.3 Å². The van der Waals surface area contributed by atoms with Crippen LogP contribution in [0.4, 0.5) is 0 Å². The van der Waals surface area contributed by atoms with E-state index in [-0.39, 0.29) is 18.4 Å². The molecule has 0 heterocycles. The zero-order chi connectivity index (χ0) is 10.6. The molecule has 4 nitrogen and oxygen atoms in total. The van der Waals surface area contributed by atoms with E-state index in [0.29, 0.717) is 18.0 Å². The van der Waals surface area contributed by atoms with E-state index < -0.39 is 0 Å². The van der Waals surface area contributed by atoms with Crippen LogP contribution in [-0.2, 0) is 11.3 Å². The second kappa shape index (κ2) is 6.27. The fourth-order valence-corrected chi connectivity index (χ4v) is 1.08. The third kappa shape index (κ3) is 3.77. The molecule has 2 N–H and O–H groups in total. The first-order valence-electron chi connectivity index (χ1n) is 4.22. The Morgan fingerprint density at radius 1 is 1.40 bits per heavy atom. The first-order valence-corrected chi connectivity index (χ1v) is 4.22. The van der Waals surface area contributed by atoms with Crippen molar-refractivity contribution in [3.63, 3.8) is 0 Å². The molecule has 0 saturated heterocycles. The first-order chi connectivity index (χ1) is 6.67. The Labute approximate surface area is 94.8 Å². The topological polar surface area (TPSA) is 61.6 Å². The summed E-state index contributed by atoms with van der Waals surface area (Å²) in [6.45, 7) is 1.77. The third-order valence-corrected chi connectivity index (χ3v) is 1.72. The number of carbonyl (C=O) groups is 1. The van der Waals surface area contributed by atoms with Crippen molar-refractivity contribution in [3.05, 3.63) is 23.8 Å². The molecule has 84 valence electrons. The van der Waals surface area contributed by atoms with Gasteiger partial charge in [-0.3, -0.25) is 4.79 Å². The van der Waals surface area contributed by atoms with Crippen LogP contribution in [0.15, 0.2) is 18.2 Å². The molecular weight excluding hydrogens is 218 g/mol. The van der Waals surface area contributed by atoms with Crippen molar-refractivity contribution in [1.29, 1.82) is 0 Å². The van der Waals surface area contributed by atoms with Crippen LogP contribution in [0.1, 0.15) is 12.5 Å². The molecule has 0 amide bonds. The van der Waals surface area contributed by atoms with Gasteiger partial charge in [0.2, 0.25) is 0 Å². The zero-order valence-electron chi connectivity index (χ0n) is 8.65. The van der Waals surface area contributed by atoms with Gasteiger partial charge in [0.25, 0.3) is 0 Å². The van der Waals surface area contributed by atoms with Crippen LogP contribution in [0.2, 0.25) is 0 Å². The molecule has 0 bridgehead atoms. The van der Waals surface area contributed by atoms with Crippen LogP contribution in [0, 0.1) is 0 Å². The van der Waals surface area contributed by atoms with Gasteiger partial charge in [0.15, 0.2) is 11.5 Å². The fraction of sp³-hybridized carbons (Fsp3) is 0.300. The number of hydrogen-bond acceptors (Lipinski definition) is 4. The van der Waals surface area contributed by atoms with E-state index >= 15 is 0 Å². The summed E-state index contributed by atoms with van der Waals surface area (Å²) < 4.78 is 9.99. The number of carbonyl (C=O) groups excluding carboxylic acids is 1. The van der Waals surface area contributed by atoms with Gasteiger partial charge in [0.05, 0.1) is 7.11 Å². The van der Waals surface area contributed by atoms with E-state index in [1.165, 1.54) is 14.0 Å². The summed E-state index contributed by atoms with van der Waals surface area (Å²) in [4.78, 5) is 10.7. The van der Waals surface area contributed by atoms with Gasteiger partial charge >= 0.3 is 5.97 Å². The molecular formula is C10H14ClNO3. The average Bonchev–Trinajstić information content (AvgIpc) is 2.17. The number of hydrogen-bond donors (Lipinski definition) is 1. The average molecular weight is 232 g/mol. The molecule has 1 rings (SSSR count). The lowest BCUT2D eigenvalue weighted by Gasteiger charge is -2.08. The summed E-state index contributed by atoms with van der Waals surface area (Å²) in [5, 5.41) is 0. The van der Waals surface area contributed by atoms with E-state index in [0.717, 1.165) is 5.56 Å². The minimum Gasteiger partial charge on any atom is -0.493 e. The van der Waals surface area contributed by atoms with Crippen LogP contribution >= 0.6 is 12.4 Å². The monoisotopic (exact) mass is 231 g/mol. The molecule has 0 saturated carbocycles. The van der Waals surface area contributed by atoms with Crippen molar-refractivity contribution in [2.24, 2.45) is 5.73 Å². The lowest BCUT2D eigenvalue weighted by atomic mass is 10.2. The van der Waals surface area contributed by atoms with Crippen molar-refractivity contribution in [3.8, 4) is 11.5 Å². The molecule has 1 aromatic carbocycles. The molecule has 0 fully saturated rings. The van der Waals surface area contributed by atoms with Gasteiger partial charge in [-0.2, -0.15) is 0 Å². The Hall–Kier alpha value is -1.26. The van der Waals surface area contributed by atoms with Gasteiger partial charge in [-0.15, -0.1) is 12.4 Å². The zero-order valence-corrected chi connectivity index (χ0v) is 9.47. The minimum absolute atomic E-state index is 0. The van der Waals surface area contributed by atoms with Crippen molar-refractivity contribution in [2.45, 2.75) is 13.5 Å². The lowest BCUT2D eigenvalue weighted by molar-refractivity contribution is -0.132. The number of ether oxygens (including phenoxy) is 2. The molecule has 0 unspecified atom stereocenters. The maximum absolute atomic E-state index is 10.7. The second-order valence-corrected chi connectivity index (χ2v) is 2.78. The summed E-state index contributed by atoms with van der Waals surface area (Å²) in [6.07, 6.45) is 0. The van der Waals surface area contributed by atoms with Crippen LogP contribution in [0.3, 0.4) is 0 Å². The van der Waals surface area contributed by atoms with Gasteiger partial charge in [-0.1, -0.05) is 6.07 Å². The summed E-state index contributed by atoms with van der Waals surface area (Å²) >= 11 is 0. The Bertz CT molecular complexity index is 341. The van der Waals surface area contributed by atoms with Gasteiger partial charge in [-0.05, 0) is 17.7 Å². The van der Waals surface area contributed by atoms with Crippen molar-refractivity contribution in [2.75, 3.05) is 7.11 Å². The number of halogens is 1. The number of esters is 1. The van der Waals surface area contributed by atoms with Crippen LogP contribution in [0.5, 0.6) is 11.5 Å². The van der Waals surface area contributed by atoms with E-state index in [1.54, 1.807) is 18.2 Å². The Balaban J connectivity index is 0.00000196. The van der Waals surface area contributed by atoms with E-state index in [9.17, 15) is 4.79 Å². The first kappa shape index (κ1) is 13.7. The highest BCUT2D eigenvalue weighted by molar-refractivity contribution is 5.85. The van der Waals surface area contributed by atoms with Gasteiger partial charge < -0.3 is 15.2 Å². The highest BCUT2D eigenvalue weighted by Crippen LogP contribution is 2.27. The van der Waals surface area contributed by atoms with Crippen LogP contribution in [0.25, 0.3) is 0 Å². The van der Waals surface area contributed by atoms with Gasteiger partial charge in [-0.25, -0.2) is 0 Å². The van der Waals surface area contributed by atoms with Crippen LogP contribution < -0.4 is 15.2 Å². The van der Waals surface area contributed by atoms with E-state index in [1.807, 2.05) is 0 Å². The molecule has 0 aliphatic heterocycles. The number of rotatable bonds is 3. The van der Waals surface area contributed by atoms with Crippen molar-refractivity contribution >= 4 is 18.4 Å². The molecule has 0 atom stereocenters. The molecule has 1 aromatic rings. The predicted molar refractivity (Wildman–Crippen MR) is 59.4 cm³/mol. The van der Waals surface area contributed by atoms with Gasteiger partial charge in [0, 0.05) is 13.5 Å². The van der Waals surface area contributed by atoms with E-state index in [2.05, 4.69) is 0 Å². The Kier molecular flexibility index (Phi) is 5.74.